The molecule has 2 aliphatic rings. The number of anilines is 4. The molecule has 0 saturated carbocycles. The Morgan fingerprint density at radius 3 is 2.03 bits per heavy atom. The van der Waals surface area contributed by atoms with Crippen molar-refractivity contribution >= 4 is 28.7 Å². The molecule has 1 unspecified atom stereocenters. The molecule has 10 heteroatoms. The lowest BCUT2D eigenvalue weighted by Crippen LogP contribution is -2.38. The SMILES string of the molecule is CC(Nc1ccccc1N1CCOCC1)C(=O)Nc1cc(C(F)(F)F)ccc1N1CCOCC1. The minimum Gasteiger partial charge on any atom is -0.378 e. The van der Waals surface area contributed by atoms with Gasteiger partial charge in [0.15, 0.2) is 0 Å². The molecule has 0 aliphatic carbocycles. The molecule has 0 spiro atoms. The average Bonchev–Trinajstić information content (AvgIpc) is 2.85. The molecule has 4 rings (SSSR count). The monoisotopic (exact) mass is 478 g/mol. The van der Waals surface area contributed by atoms with E-state index < -0.39 is 23.7 Å². The lowest BCUT2D eigenvalue weighted by Gasteiger charge is -2.32. The van der Waals surface area contributed by atoms with Crippen molar-refractivity contribution in [1.82, 2.24) is 0 Å². The third-order valence-corrected chi connectivity index (χ3v) is 5.95. The van der Waals surface area contributed by atoms with Crippen molar-refractivity contribution in [2.75, 3.05) is 73.0 Å². The number of nitrogens with zero attached hydrogens (tertiary/aromatic N) is 2. The van der Waals surface area contributed by atoms with Crippen LogP contribution < -0.4 is 20.4 Å². The predicted molar refractivity (Wildman–Crippen MR) is 126 cm³/mol. The average molecular weight is 479 g/mol. The van der Waals surface area contributed by atoms with Gasteiger partial charge in [0.2, 0.25) is 5.91 Å². The van der Waals surface area contributed by atoms with Gasteiger partial charge < -0.3 is 29.9 Å². The number of carbonyl (C=O) groups excluding carboxylic acids is 1. The standard InChI is InChI=1S/C24H29F3N4O3/c1-17(28-19-4-2-3-5-21(19)30-8-12-33-13-9-30)23(32)29-20-16-18(24(25,26)27)6-7-22(20)31-10-14-34-15-11-31/h2-7,16-17,28H,8-15H2,1H3,(H,29,32). The molecule has 2 heterocycles. The highest BCUT2D eigenvalue weighted by Crippen LogP contribution is 2.36. The van der Waals surface area contributed by atoms with Gasteiger partial charge in [0, 0.05) is 26.2 Å². The first-order valence-corrected chi connectivity index (χ1v) is 11.4. The van der Waals surface area contributed by atoms with Crippen LogP contribution in [0.5, 0.6) is 0 Å². The molecular weight excluding hydrogens is 449 g/mol. The summed E-state index contributed by atoms with van der Waals surface area (Å²) in [6.45, 7) is 6.46. The molecule has 0 bridgehead atoms. The van der Waals surface area contributed by atoms with E-state index in [1.165, 1.54) is 6.07 Å². The fraction of sp³-hybridized carbons (Fsp3) is 0.458. The van der Waals surface area contributed by atoms with Crippen LogP contribution in [0.3, 0.4) is 0 Å². The van der Waals surface area contributed by atoms with Crippen LogP contribution in [0.15, 0.2) is 42.5 Å². The van der Waals surface area contributed by atoms with Crippen LogP contribution in [-0.2, 0) is 20.4 Å². The summed E-state index contributed by atoms with van der Waals surface area (Å²) < 4.78 is 50.9. The predicted octanol–water partition coefficient (Wildman–Crippen LogP) is 3.82. The lowest BCUT2D eigenvalue weighted by molar-refractivity contribution is -0.137. The first kappa shape index (κ1) is 24.2. The Labute approximate surface area is 196 Å². The van der Waals surface area contributed by atoms with Gasteiger partial charge in [-0.15, -0.1) is 0 Å². The second kappa shape index (κ2) is 10.5. The molecule has 1 atom stereocenters. The zero-order valence-electron chi connectivity index (χ0n) is 19.0. The van der Waals surface area contributed by atoms with Gasteiger partial charge >= 0.3 is 6.18 Å². The van der Waals surface area contributed by atoms with Crippen molar-refractivity contribution in [3.05, 3.63) is 48.0 Å². The number of morpholine rings is 2. The molecule has 2 aromatic carbocycles. The summed E-state index contributed by atoms with van der Waals surface area (Å²) in [6.07, 6.45) is -4.51. The van der Waals surface area contributed by atoms with E-state index in [9.17, 15) is 18.0 Å². The van der Waals surface area contributed by atoms with Gasteiger partial charge in [-0.05, 0) is 37.3 Å². The zero-order chi connectivity index (χ0) is 24.1. The van der Waals surface area contributed by atoms with Crippen LogP contribution in [-0.4, -0.2) is 64.6 Å². The van der Waals surface area contributed by atoms with Gasteiger partial charge in [0.1, 0.15) is 6.04 Å². The largest absolute Gasteiger partial charge is 0.416 e. The summed E-state index contributed by atoms with van der Waals surface area (Å²) in [6, 6.07) is 10.4. The Morgan fingerprint density at radius 2 is 1.44 bits per heavy atom. The van der Waals surface area contributed by atoms with Crippen LogP contribution in [0, 0.1) is 0 Å². The molecule has 7 nitrogen and oxygen atoms in total. The summed E-state index contributed by atoms with van der Waals surface area (Å²) in [5.74, 6) is -0.425. The highest BCUT2D eigenvalue weighted by atomic mass is 19.4. The zero-order valence-corrected chi connectivity index (χ0v) is 19.0. The van der Waals surface area contributed by atoms with Crippen molar-refractivity contribution in [3.63, 3.8) is 0 Å². The Bertz CT molecular complexity index is 990. The maximum Gasteiger partial charge on any atom is 0.416 e. The quantitative estimate of drug-likeness (QED) is 0.658. The number of alkyl halides is 3. The number of hydrogen-bond acceptors (Lipinski definition) is 6. The summed E-state index contributed by atoms with van der Waals surface area (Å²) in [4.78, 5) is 17.2. The number of carbonyl (C=O) groups is 1. The van der Waals surface area contributed by atoms with E-state index in [1.54, 1.807) is 6.92 Å². The molecule has 34 heavy (non-hydrogen) atoms. The first-order valence-electron chi connectivity index (χ1n) is 11.4. The van der Waals surface area contributed by atoms with E-state index in [4.69, 9.17) is 9.47 Å². The third kappa shape index (κ3) is 5.74. The Morgan fingerprint density at radius 1 is 0.882 bits per heavy atom. The highest BCUT2D eigenvalue weighted by molar-refractivity contribution is 5.99. The number of rotatable bonds is 6. The van der Waals surface area contributed by atoms with Crippen molar-refractivity contribution < 1.29 is 27.4 Å². The van der Waals surface area contributed by atoms with Gasteiger partial charge in [0.05, 0.1) is 54.7 Å². The van der Waals surface area contributed by atoms with Crippen molar-refractivity contribution in [2.24, 2.45) is 0 Å². The third-order valence-electron chi connectivity index (χ3n) is 5.95. The molecule has 2 aliphatic heterocycles. The van der Waals surface area contributed by atoms with Gasteiger partial charge in [-0.1, -0.05) is 12.1 Å². The molecule has 184 valence electrons. The van der Waals surface area contributed by atoms with E-state index >= 15 is 0 Å². The lowest BCUT2D eigenvalue weighted by atomic mass is 10.1. The topological polar surface area (TPSA) is 66.1 Å². The molecule has 2 aromatic rings. The second-order valence-electron chi connectivity index (χ2n) is 8.30. The van der Waals surface area contributed by atoms with Crippen LogP contribution in [0.25, 0.3) is 0 Å². The number of hydrogen-bond donors (Lipinski definition) is 2. The van der Waals surface area contributed by atoms with E-state index in [2.05, 4.69) is 15.5 Å². The molecule has 2 N–H and O–H groups in total. The maximum atomic E-state index is 13.4. The summed E-state index contributed by atoms with van der Waals surface area (Å²) in [7, 11) is 0. The van der Waals surface area contributed by atoms with Gasteiger partial charge in [-0.2, -0.15) is 13.2 Å². The highest BCUT2D eigenvalue weighted by Gasteiger charge is 2.32. The van der Waals surface area contributed by atoms with Gasteiger partial charge in [-0.3, -0.25) is 4.79 Å². The molecule has 2 fully saturated rings. The number of halogens is 3. The minimum atomic E-state index is -4.51. The van der Waals surface area contributed by atoms with Gasteiger partial charge in [0.25, 0.3) is 0 Å². The van der Waals surface area contributed by atoms with Crippen LogP contribution in [0.4, 0.5) is 35.9 Å². The van der Waals surface area contributed by atoms with Crippen molar-refractivity contribution in [1.29, 1.82) is 0 Å². The van der Waals surface area contributed by atoms with Gasteiger partial charge in [-0.25, -0.2) is 0 Å². The Hall–Kier alpha value is -2.98. The van der Waals surface area contributed by atoms with Crippen LogP contribution in [0.1, 0.15) is 12.5 Å². The number of nitrogens with one attached hydrogen (secondary N) is 2. The molecule has 0 aromatic heterocycles. The van der Waals surface area contributed by atoms with E-state index in [-0.39, 0.29) is 5.69 Å². The van der Waals surface area contributed by atoms with E-state index in [1.807, 2.05) is 29.2 Å². The first-order chi connectivity index (χ1) is 16.3. The van der Waals surface area contributed by atoms with E-state index in [0.29, 0.717) is 45.2 Å². The molecule has 2 saturated heterocycles. The number of ether oxygens (including phenoxy) is 2. The van der Waals surface area contributed by atoms with E-state index in [0.717, 1.165) is 36.6 Å². The fourth-order valence-electron chi connectivity index (χ4n) is 4.11. The second-order valence-corrected chi connectivity index (χ2v) is 8.30. The maximum absolute atomic E-state index is 13.4. The Balaban J connectivity index is 1.53. The smallest absolute Gasteiger partial charge is 0.378 e. The number of benzene rings is 2. The number of para-hydroxylation sites is 2. The summed E-state index contributed by atoms with van der Waals surface area (Å²) in [5, 5.41) is 5.94. The summed E-state index contributed by atoms with van der Waals surface area (Å²) in [5.41, 5.74) is 1.61. The van der Waals surface area contributed by atoms with Crippen LogP contribution >= 0.6 is 0 Å². The number of amides is 1. The Kier molecular flexibility index (Phi) is 7.47. The minimum absolute atomic E-state index is 0.136. The normalized spacial score (nSPS) is 17.9. The fourth-order valence-corrected chi connectivity index (χ4v) is 4.11. The molecule has 1 amide bonds. The molecular formula is C24H29F3N4O3. The summed E-state index contributed by atoms with van der Waals surface area (Å²) >= 11 is 0. The molecule has 0 radical (unpaired) electrons. The van der Waals surface area contributed by atoms with Crippen molar-refractivity contribution in [3.8, 4) is 0 Å². The van der Waals surface area contributed by atoms with Crippen LogP contribution in [0.2, 0.25) is 0 Å². The van der Waals surface area contributed by atoms with Crippen molar-refractivity contribution in [2.45, 2.75) is 19.1 Å².